The maximum atomic E-state index is 14.0. The zero-order chi connectivity index (χ0) is 16.7. The van der Waals surface area contributed by atoms with Gasteiger partial charge in [-0.2, -0.15) is 13.2 Å². The maximum absolute atomic E-state index is 14.0. The van der Waals surface area contributed by atoms with E-state index in [4.69, 9.17) is 0 Å². The highest BCUT2D eigenvalue weighted by molar-refractivity contribution is 9.10. The highest BCUT2D eigenvalue weighted by Crippen LogP contribution is 2.36. The number of methoxy groups -OCH3 is 1. The smallest absolute Gasteiger partial charge is 0.419 e. The van der Waals surface area contributed by atoms with E-state index in [-0.39, 0.29) is 17.6 Å². The van der Waals surface area contributed by atoms with Gasteiger partial charge in [-0.25, -0.2) is 4.39 Å². The molecule has 0 bridgehead atoms. The first-order chi connectivity index (χ1) is 10.2. The van der Waals surface area contributed by atoms with Crippen LogP contribution in [0.1, 0.15) is 15.9 Å². The Kier molecular flexibility index (Phi) is 4.46. The minimum atomic E-state index is -4.90. The number of alkyl halides is 3. The Morgan fingerprint density at radius 1 is 1.32 bits per heavy atom. The fraction of sp³-hybridized carbons (Fsp3) is 0.385. The van der Waals surface area contributed by atoms with Crippen LogP contribution in [0.25, 0.3) is 0 Å². The molecule has 0 N–H and O–H groups in total. The number of nitrogens with zero attached hydrogens (tertiary/aromatic N) is 1. The minimum absolute atomic E-state index is 0.0202. The lowest BCUT2D eigenvalue weighted by atomic mass is 9.98. The quantitative estimate of drug-likeness (QED) is 0.582. The van der Waals surface area contributed by atoms with Gasteiger partial charge in [-0.15, -0.1) is 0 Å². The third kappa shape index (κ3) is 2.94. The fourth-order valence-electron chi connectivity index (χ4n) is 2.09. The van der Waals surface area contributed by atoms with E-state index in [1.54, 1.807) is 0 Å². The third-order valence-electron chi connectivity index (χ3n) is 3.31. The summed E-state index contributed by atoms with van der Waals surface area (Å²) < 4.78 is 56.5. The van der Waals surface area contributed by atoms with Gasteiger partial charge < -0.3 is 9.64 Å². The topological polar surface area (TPSA) is 46.6 Å². The Morgan fingerprint density at radius 3 is 2.41 bits per heavy atom. The van der Waals surface area contributed by atoms with Gasteiger partial charge >= 0.3 is 12.1 Å². The molecule has 0 radical (unpaired) electrons. The van der Waals surface area contributed by atoms with Gasteiger partial charge in [0.15, 0.2) is 0 Å². The number of amides is 1. The summed E-state index contributed by atoms with van der Waals surface area (Å²) >= 11 is 2.88. The van der Waals surface area contributed by atoms with Gasteiger partial charge in [-0.05, 0) is 28.1 Å². The number of hydrogen-bond donors (Lipinski definition) is 0. The number of halogens is 5. The van der Waals surface area contributed by atoms with E-state index in [0.29, 0.717) is 6.07 Å². The van der Waals surface area contributed by atoms with Crippen molar-refractivity contribution in [2.75, 3.05) is 20.2 Å². The van der Waals surface area contributed by atoms with Gasteiger partial charge in [0.1, 0.15) is 5.82 Å². The normalized spacial score (nSPS) is 15.5. The van der Waals surface area contributed by atoms with Gasteiger partial charge in [0.2, 0.25) is 0 Å². The molecule has 0 saturated carbocycles. The van der Waals surface area contributed by atoms with Crippen molar-refractivity contribution in [1.82, 2.24) is 4.90 Å². The molecular weight excluding hydrogens is 374 g/mol. The van der Waals surface area contributed by atoms with E-state index in [1.807, 2.05) is 0 Å². The van der Waals surface area contributed by atoms with Gasteiger partial charge in [0, 0.05) is 17.6 Å². The monoisotopic (exact) mass is 383 g/mol. The van der Waals surface area contributed by atoms with Gasteiger partial charge in [-0.3, -0.25) is 9.59 Å². The second-order valence-electron chi connectivity index (χ2n) is 4.71. The highest BCUT2D eigenvalue weighted by Gasteiger charge is 2.41. The van der Waals surface area contributed by atoms with E-state index >= 15 is 0 Å². The Hall–Kier alpha value is -1.64. The fourth-order valence-corrected chi connectivity index (χ4v) is 2.56. The third-order valence-corrected chi connectivity index (χ3v) is 3.97. The van der Waals surface area contributed by atoms with Gasteiger partial charge in [-0.1, -0.05) is 0 Å². The molecule has 0 aromatic heterocycles. The van der Waals surface area contributed by atoms with Crippen molar-refractivity contribution in [1.29, 1.82) is 0 Å². The first-order valence-electron chi connectivity index (χ1n) is 6.09. The van der Waals surface area contributed by atoms with Crippen molar-refractivity contribution >= 4 is 27.8 Å². The van der Waals surface area contributed by atoms with Crippen LogP contribution < -0.4 is 0 Å². The zero-order valence-corrected chi connectivity index (χ0v) is 12.8. The van der Waals surface area contributed by atoms with Crippen molar-refractivity contribution in [3.63, 3.8) is 0 Å². The molecular formula is C13H10BrF4NO3. The number of hydrogen-bond acceptors (Lipinski definition) is 3. The number of likely N-dealkylation sites (tertiary alicyclic amines) is 1. The number of benzene rings is 1. The minimum Gasteiger partial charge on any atom is -0.469 e. The lowest BCUT2D eigenvalue weighted by Gasteiger charge is -2.37. The Morgan fingerprint density at radius 2 is 1.91 bits per heavy atom. The number of rotatable bonds is 2. The Bertz CT molecular complexity index is 626. The molecule has 1 aliphatic heterocycles. The van der Waals surface area contributed by atoms with Crippen LogP contribution in [0, 0.1) is 11.7 Å². The first kappa shape index (κ1) is 16.7. The molecule has 1 aromatic rings. The molecule has 0 unspecified atom stereocenters. The van der Waals surface area contributed by atoms with Gasteiger partial charge in [0.25, 0.3) is 5.91 Å². The number of esters is 1. The van der Waals surface area contributed by atoms with Crippen molar-refractivity contribution < 1.29 is 31.9 Å². The van der Waals surface area contributed by atoms with Crippen LogP contribution in [0.15, 0.2) is 16.6 Å². The molecule has 1 saturated heterocycles. The summed E-state index contributed by atoms with van der Waals surface area (Å²) in [6, 6.07) is 1.53. The molecule has 1 amide bonds. The Balaban J connectivity index is 2.26. The van der Waals surface area contributed by atoms with Crippen LogP contribution in [-0.2, 0) is 15.7 Å². The van der Waals surface area contributed by atoms with Crippen LogP contribution >= 0.6 is 15.9 Å². The average molecular weight is 384 g/mol. The van der Waals surface area contributed by atoms with Crippen LogP contribution in [0.5, 0.6) is 0 Å². The number of carbonyl (C=O) groups is 2. The molecule has 0 atom stereocenters. The standard InChI is InChI=1S/C13H10BrF4NO3/c1-22-12(21)6-4-19(5-6)11(20)9-8(14)3-2-7(10(9)15)13(16,17)18/h2-3,6H,4-5H2,1H3. The molecule has 1 heterocycles. The van der Waals surface area contributed by atoms with Crippen LogP contribution in [0.2, 0.25) is 0 Å². The summed E-state index contributed by atoms with van der Waals surface area (Å²) in [6.07, 6.45) is -4.90. The summed E-state index contributed by atoms with van der Waals surface area (Å²) in [5.74, 6) is -3.60. The van der Waals surface area contributed by atoms with E-state index in [1.165, 1.54) is 7.11 Å². The van der Waals surface area contributed by atoms with Crippen molar-refractivity contribution in [2.24, 2.45) is 5.92 Å². The summed E-state index contributed by atoms with van der Waals surface area (Å²) in [5.41, 5.74) is -2.21. The molecule has 1 aromatic carbocycles. The Labute approximate surface area is 131 Å². The predicted octanol–water partition coefficient (Wildman–Crippen LogP) is 2.85. The first-order valence-corrected chi connectivity index (χ1v) is 6.88. The molecule has 4 nitrogen and oxygen atoms in total. The molecule has 0 spiro atoms. The van der Waals surface area contributed by atoms with Crippen LogP contribution in [0.4, 0.5) is 17.6 Å². The second kappa shape index (κ2) is 5.86. The number of carbonyl (C=O) groups excluding carboxylic acids is 2. The van der Waals surface area contributed by atoms with Crippen LogP contribution in [0.3, 0.4) is 0 Å². The van der Waals surface area contributed by atoms with Crippen molar-refractivity contribution in [3.8, 4) is 0 Å². The molecule has 9 heteroatoms. The van der Waals surface area contributed by atoms with E-state index in [0.717, 1.165) is 11.0 Å². The summed E-state index contributed by atoms with van der Waals surface area (Å²) in [5, 5.41) is 0. The van der Waals surface area contributed by atoms with Crippen LogP contribution in [-0.4, -0.2) is 37.0 Å². The average Bonchev–Trinajstić information content (AvgIpc) is 2.35. The molecule has 1 fully saturated rings. The van der Waals surface area contributed by atoms with E-state index in [9.17, 15) is 27.2 Å². The summed E-state index contributed by atoms with van der Waals surface area (Å²) in [7, 11) is 1.19. The molecule has 2 rings (SSSR count). The lowest BCUT2D eigenvalue weighted by molar-refractivity contribution is -0.149. The second-order valence-corrected chi connectivity index (χ2v) is 5.57. The highest BCUT2D eigenvalue weighted by atomic mass is 79.9. The van der Waals surface area contributed by atoms with Crippen molar-refractivity contribution in [2.45, 2.75) is 6.18 Å². The van der Waals surface area contributed by atoms with E-state index in [2.05, 4.69) is 20.7 Å². The lowest BCUT2D eigenvalue weighted by Crippen LogP contribution is -2.53. The summed E-state index contributed by atoms with van der Waals surface area (Å²) in [6.45, 7) is -0.0404. The molecule has 22 heavy (non-hydrogen) atoms. The zero-order valence-electron chi connectivity index (χ0n) is 11.2. The molecule has 1 aliphatic rings. The molecule has 0 aliphatic carbocycles. The summed E-state index contributed by atoms with van der Waals surface area (Å²) in [4.78, 5) is 24.5. The van der Waals surface area contributed by atoms with Gasteiger partial charge in [0.05, 0.1) is 24.2 Å². The predicted molar refractivity (Wildman–Crippen MR) is 70.5 cm³/mol. The molecule has 120 valence electrons. The number of ether oxygens (including phenoxy) is 1. The van der Waals surface area contributed by atoms with Crippen molar-refractivity contribution in [3.05, 3.63) is 33.5 Å². The largest absolute Gasteiger partial charge is 0.469 e. The van der Waals surface area contributed by atoms with E-state index < -0.39 is 40.9 Å². The SMILES string of the molecule is COC(=O)C1CN(C(=O)c2c(Br)ccc(C(F)(F)F)c2F)C1. The maximum Gasteiger partial charge on any atom is 0.419 e.